The number of hydrogen-bond donors (Lipinski definition) is 2. The molecule has 5 rings (SSSR count). The van der Waals surface area contributed by atoms with Crippen molar-refractivity contribution >= 4 is 0 Å². The highest BCUT2D eigenvalue weighted by molar-refractivity contribution is 5.33. The molecule has 0 aromatic rings. The predicted octanol–water partition coefficient (Wildman–Crippen LogP) is 7.14. The van der Waals surface area contributed by atoms with Gasteiger partial charge in [-0.25, -0.2) is 0 Å². The van der Waals surface area contributed by atoms with Gasteiger partial charge >= 0.3 is 0 Å². The minimum absolute atomic E-state index is 0.0191. The van der Waals surface area contributed by atoms with Crippen molar-refractivity contribution in [3.05, 3.63) is 11.6 Å². The van der Waals surface area contributed by atoms with E-state index < -0.39 is 0 Å². The Morgan fingerprint density at radius 1 is 0.844 bits per heavy atom. The van der Waals surface area contributed by atoms with Crippen molar-refractivity contribution < 1.29 is 10.2 Å². The number of rotatable bonds is 1. The first-order valence-electron chi connectivity index (χ1n) is 13.8. The summed E-state index contributed by atoms with van der Waals surface area (Å²) in [5, 5.41) is 21.5. The lowest BCUT2D eigenvalue weighted by molar-refractivity contribution is -0.204. The van der Waals surface area contributed by atoms with E-state index in [1.54, 1.807) is 5.57 Å². The minimum atomic E-state index is -0.153. The zero-order chi connectivity index (χ0) is 23.4. The largest absolute Gasteiger partial charge is 0.396 e. The molecule has 0 saturated heterocycles. The van der Waals surface area contributed by atoms with Crippen molar-refractivity contribution in [2.75, 3.05) is 6.61 Å². The summed E-state index contributed by atoms with van der Waals surface area (Å²) in [4.78, 5) is 0. The topological polar surface area (TPSA) is 40.5 Å². The molecule has 0 unspecified atom stereocenters. The lowest BCUT2D eigenvalue weighted by Crippen LogP contribution is -2.64. The molecule has 0 radical (unpaired) electrons. The van der Waals surface area contributed by atoms with Gasteiger partial charge in [0.25, 0.3) is 0 Å². The van der Waals surface area contributed by atoms with Crippen LogP contribution in [0, 0.1) is 50.2 Å². The maximum Gasteiger partial charge on any atom is 0.0594 e. The Morgan fingerprint density at radius 3 is 2.22 bits per heavy atom. The first-order chi connectivity index (χ1) is 14.8. The van der Waals surface area contributed by atoms with Gasteiger partial charge < -0.3 is 10.2 Å². The van der Waals surface area contributed by atoms with Crippen molar-refractivity contribution in [1.29, 1.82) is 0 Å². The molecule has 0 spiro atoms. The summed E-state index contributed by atoms with van der Waals surface area (Å²) < 4.78 is 0. The second-order valence-corrected chi connectivity index (χ2v) is 15.1. The molecule has 32 heavy (non-hydrogen) atoms. The van der Waals surface area contributed by atoms with E-state index in [9.17, 15) is 10.2 Å². The number of hydrogen-bond acceptors (Lipinski definition) is 2. The van der Waals surface area contributed by atoms with Gasteiger partial charge in [0.2, 0.25) is 0 Å². The second-order valence-electron chi connectivity index (χ2n) is 15.1. The molecule has 0 amide bonds. The van der Waals surface area contributed by atoms with E-state index >= 15 is 0 Å². The van der Waals surface area contributed by atoms with E-state index in [2.05, 4.69) is 54.5 Å². The summed E-state index contributed by atoms with van der Waals surface area (Å²) in [5.74, 6) is 1.87. The van der Waals surface area contributed by atoms with E-state index in [4.69, 9.17) is 0 Å². The Bertz CT molecular complexity index is 810. The first-order valence-corrected chi connectivity index (χ1v) is 13.8. The summed E-state index contributed by atoms with van der Waals surface area (Å²) in [7, 11) is 0. The molecule has 5 aliphatic carbocycles. The third-order valence-electron chi connectivity index (χ3n) is 13.1. The van der Waals surface area contributed by atoms with Crippen LogP contribution in [0.15, 0.2) is 11.6 Å². The van der Waals surface area contributed by atoms with E-state index in [0.29, 0.717) is 40.6 Å². The van der Waals surface area contributed by atoms with Crippen LogP contribution >= 0.6 is 0 Å². The van der Waals surface area contributed by atoms with Crippen LogP contribution in [0.2, 0.25) is 0 Å². The van der Waals surface area contributed by atoms with Gasteiger partial charge in [0.1, 0.15) is 0 Å². The van der Waals surface area contributed by atoms with Crippen LogP contribution in [-0.2, 0) is 0 Å². The first kappa shape index (κ1) is 23.4. The minimum Gasteiger partial charge on any atom is -0.396 e. The molecule has 2 nitrogen and oxygen atoms in total. The summed E-state index contributed by atoms with van der Waals surface area (Å²) in [5.41, 5.74) is 3.16. The number of aliphatic hydroxyl groups is 2. The van der Waals surface area contributed by atoms with Gasteiger partial charge in [-0.15, -0.1) is 0 Å². The monoisotopic (exact) mass is 442 g/mol. The summed E-state index contributed by atoms with van der Waals surface area (Å²) >= 11 is 0. The van der Waals surface area contributed by atoms with Crippen LogP contribution < -0.4 is 0 Å². The van der Waals surface area contributed by atoms with Gasteiger partial charge in [-0.1, -0.05) is 60.1 Å². The number of allylic oxidation sites excluding steroid dienone is 2. The van der Waals surface area contributed by atoms with Gasteiger partial charge in [-0.05, 0) is 109 Å². The highest BCUT2D eigenvalue weighted by atomic mass is 16.3. The van der Waals surface area contributed by atoms with Crippen molar-refractivity contribution in [2.45, 2.75) is 119 Å². The van der Waals surface area contributed by atoms with Crippen LogP contribution in [0.4, 0.5) is 0 Å². The molecule has 5 aliphatic rings. The van der Waals surface area contributed by atoms with E-state index in [-0.39, 0.29) is 22.3 Å². The third-order valence-corrected chi connectivity index (χ3v) is 13.1. The molecular formula is C30H50O2. The molecule has 0 aromatic heterocycles. The molecule has 0 aromatic carbocycles. The van der Waals surface area contributed by atoms with Gasteiger partial charge in [0.05, 0.1) is 6.10 Å². The van der Waals surface area contributed by atoms with E-state index in [1.807, 2.05) is 0 Å². The second kappa shape index (κ2) is 6.87. The smallest absolute Gasteiger partial charge is 0.0594 e. The average molecular weight is 443 g/mol. The number of aliphatic hydroxyl groups excluding tert-OH is 2. The third kappa shape index (κ3) is 2.78. The SMILES string of the molecule is CC1(C)CC[C@@]2(CO)CC[C@]3(C)C(=CC[C@H]4[C@@]5(C)CC[C@H](O)C(C)(C)[C@@H]5CC[C@@]43C)[C@@H]2C1. The molecule has 8 atom stereocenters. The van der Waals surface area contributed by atoms with Gasteiger partial charge in [-0.2, -0.15) is 0 Å². The molecule has 2 N–H and O–H groups in total. The molecule has 0 aliphatic heterocycles. The quantitative estimate of drug-likeness (QED) is 0.424. The summed E-state index contributed by atoms with van der Waals surface area (Å²) in [6.45, 7) is 17.8. The van der Waals surface area contributed by atoms with Crippen molar-refractivity contribution in [1.82, 2.24) is 0 Å². The number of fused-ring (bicyclic) bond motifs is 7. The zero-order valence-electron chi connectivity index (χ0n) is 22.1. The van der Waals surface area contributed by atoms with Gasteiger partial charge in [-0.3, -0.25) is 0 Å². The highest BCUT2D eigenvalue weighted by Crippen LogP contribution is 2.75. The highest BCUT2D eigenvalue weighted by Gasteiger charge is 2.68. The van der Waals surface area contributed by atoms with Gasteiger partial charge in [0, 0.05) is 12.0 Å². The molecule has 0 bridgehead atoms. The molecular weight excluding hydrogens is 392 g/mol. The fourth-order valence-corrected chi connectivity index (χ4v) is 10.6. The lowest BCUT2D eigenvalue weighted by Gasteiger charge is -2.71. The zero-order valence-corrected chi connectivity index (χ0v) is 22.1. The fourth-order valence-electron chi connectivity index (χ4n) is 10.6. The van der Waals surface area contributed by atoms with Crippen molar-refractivity contribution in [2.24, 2.45) is 50.2 Å². The Kier molecular flexibility index (Phi) is 5.02. The standard InChI is InChI=1S/C30H50O2/c1-25(2)14-16-30(19-31)17-15-28(6)20(21(30)18-25)8-9-23-27(5)12-11-24(32)26(3,4)22(27)10-13-29(23,28)7/h8,21-24,31-32H,9-19H2,1-7H3/t21-,22-,23-,24-,27-,28+,29-,30-/m0/s1. The van der Waals surface area contributed by atoms with Crippen LogP contribution in [0.5, 0.6) is 0 Å². The maximum absolute atomic E-state index is 10.9. The molecule has 182 valence electrons. The molecule has 4 saturated carbocycles. The van der Waals surface area contributed by atoms with E-state index in [0.717, 1.165) is 6.42 Å². The average Bonchev–Trinajstić information content (AvgIpc) is 2.71. The lowest BCUT2D eigenvalue weighted by atomic mass is 9.33. The molecule has 2 heteroatoms. The van der Waals surface area contributed by atoms with Crippen LogP contribution in [-0.4, -0.2) is 22.9 Å². The Morgan fingerprint density at radius 2 is 1.53 bits per heavy atom. The Balaban J connectivity index is 1.58. The predicted molar refractivity (Wildman–Crippen MR) is 132 cm³/mol. The van der Waals surface area contributed by atoms with Crippen LogP contribution in [0.1, 0.15) is 113 Å². The van der Waals surface area contributed by atoms with Gasteiger partial charge in [0.15, 0.2) is 0 Å². The fraction of sp³-hybridized carbons (Fsp3) is 0.933. The maximum atomic E-state index is 10.9. The van der Waals surface area contributed by atoms with Crippen LogP contribution in [0.3, 0.4) is 0 Å². The normalized spacial score (nSPS) is 53.8. The Hall–Kier alpha value is -0.340. The van der Waals surface area contributed by atoms with Crippen molar-refractivity contribution in [3.63, 3.8) is 0 Å². The Labute approximate surface area is 197 Å². The van der Waals surface area contributed by atoms with E-state index in [1.165, 1.54) is 57.8 Å². The van der Waals surface area contributed by atoms with Crippen molar-refractivity contribution in [3.8, 4) is 0 Å². The van der Waals surface area contributed by atoms with Crippen LogP contribution in [0.25, 0.3) is 0 Å². The molecule has 4 fully saturated rings. The summed E-state index contributed by atoms with van der Waals surface area (Å²) in [6.07, 6.45) is 14.6. The molecule has 0 heterocycles. The summed E-state index contributed by atoms with van der Waals surface area (Å²) in [6, 6.07) is 0.